The third kappa shape index (κ3) is 3.36. The van der Waals surface area contributed by atoms with E-state index in [1.807, 2.05) is 11.3 Å². The van der Waals surface area contributed by atoms with Gasteiger partial charge >= 0.3 is 0 Å². The summed E-state index contributed by atoms with van der Waals surface area (Å²) in [5, 5.41) is 1.25. The Bertz CT molecular complexity index is 1780. The summed E-state index contributed by atoms with van der Waals surface area (Å²) in [4.78, 5) is 1.23. The first kappa shape index (κ1) is 21.7. The van der Waals surface area contributed by atoms with Gasteiger partial charge in [0.15, 0.2) is 0 Å². The van der Waals surface area contributed by atoms with Crippen molar-refractivity contribution in [2.24, 2.45) is 0 Å². The maximum atomic E-state index is 6.61. The van der Waals surface area contributed by atoms with E-state index in [1.54, 1.807) is 11.1 Å². The van der Waals surface area contributed by atoms with Gasteiger partial charge in [-0.3, -0.25) is 0 Å². The molecule has 0 N–H and O–H groups in total. The maximum absolute atomic E-state index is 6.61. The van der Waals surface area contributed by atoms with Crippen LogP contribution in [-0.4, -0.2) is 0 Å². The Morgan fingerprint density at radius 2 is 1.51 bits per heavy atom. The third-order valence-corrected chi connectivity index (χ3v) is 10.2. The molecule has 8 rings (SSSR count). The summed E-state index contributed by atoms with van der Waals surface area (Å²) in [6, 6.07) is 30.1. The SMILES string of the molecule is ClC1CC#Cc2c1sc1cc(-c3ccc4c(c3)C(c3ccccc3)c3cc5c(cc3-4)CCCC5)ccc21. The Balaban J connectivity index is 1.29. The number of alkyl halides is 1. The molecule has 0 nitrogen and oxygen atoms in total. The molecule has 0 spiro atoms. The summed E-state index contributed by atoms with van der Waals surface area (Å²) in [6.45, 7) is 0. The van der Waals surface area contributed by atoms with Crippen molar-refractivity contribution in [3.05, 3.63) is 117 Å². The fourth-order valence-electron chi connectivity index (χ4n) is 6.64. The molecule has 2 unspecified atom stereocenters. The molecule has 37 heavy (non-hydrogen) atoms. The number of halogens is 1. The Kier molecular flexibility index (Phi) is 4.91. The van der Waals surface area contributed by atoms with E-state index < -0.39 is 0 Å². The van der Waals surface area contributed by atoms with E-state index in [0.717, 1.165) is 12.0 Å². The highest BCUT2D eigenvalue weighted by Crippen LogP contribution is 2.51. The molecule has 0 saturated carbocycles. The van der Waals surface area contributed by atoms with Gasteiger partial charge in [0.25, 0.3) is 0 Å². The fourth-order valence-corrected chi connectivity index (χ4v) is 8.14. The van der Waals surface area contributed by atoms with Crippen molar-refractivity contribution < 1.29 is 0 Å². The van der Waals surface area contributed by atoms with Crippen LogP contribution in [0.3, 0.4) is 0 Å². The van der Waals surface area contributed by atoms with E-state index in [-0.39, 0.29) is 11.3 Å². The zero-order chi connectivity index (χ0) is 24.5. The van der Waals surface area contributed by atoms with Gasteiger partial charge in [0.2, 0.25) is 0 Å². The zero-order valence-electron chi connectivity index (χ0n) is 20.5. The molecule has 1 aromatic heterocycles. The summed E-state index contributed by atoms with van der Waals surface area (Å²) < 4.78 is 1.28. The van der Waals surface area contributed by atoms with Crippen molar-refractivity contribution in [3.63, 3.8) is 0 Å². The molecule has 2 atom stereocenters. The Hall–Kier alpha value is -3.31. The number of rotatable bonds is 2. The molecule has 0 bridgehead atoms. The molecular weight excluding hydrogens is 488 g/mol. The monoisotopic (exact) mass is 512 g/mol. The molecule has 0 saturated heterocycles. The third-order valence-electron chi connectivity index (χ3n) is 8.44. The topological polar surface area (TPSA) is 0 Å². The number of fused-ring (bicyclic) bond motifs is 7. The predicted molar refractivity (Wildman–Crippen MR) is 157 cm³/mol. The second kappa shape index (κ2) is 8.35. The van der Waals surface area contributed by atoms with E-state index in [0.29, 0.717) is 0 Å². The lowest BCUT2D eigenvalue weighted by Gasteiger charge is -2.20. The van der Waals surface area contributed by atoms with Crippen LogP contribution < -0.4 is 0 Å². The first-order valence-electron chi connectivity index (χ1n) is 13.3. The highest BCUT2D eigenvalue weighted by Gasteiger charge is 2.32. The minimum atomic E-state index is 0.00746. The van der Waals surface area contributed by atoms with Crippen LogP contribution in [-0.2, 0) is 12.8 Å². The highest BCUT2D eigenvalue weighted by molar-refractivity contribution is 7.19. The smallest absolute Gasteiger partial charge is 0.0800 e. The number of aryl methyl sites for hydroxylation is 2. The molecule has 0 aliphatic heterocycles. The van der Waals surface area contributed by atoms with Crippen molar-refractivity contribution in [3.8, 4) is 34.1 Å². The van der Waals surface area contributed by atoms with Crippen LogP contribution in [0.25, 0.3) is 32.3 Å². The molecule has 3 aliphatic rings. The van der Waals surface area contributed by atoms with Crippen LogP contribution in [0.15, 0.2) is 78.9 Å². The van der Waals surface area contributed by atoms with E-state index in [4.69, 9.17) is 11.6 Å². The largest absolute Gasteiger partial charge is 0.137 e. The van der Waals surface area contributed by atoms with Gasteiger partial charge in [-0.05, 0) is 87.9 Å². The number of hydrogen-bond donors (Lipinski definition) is 0. The minimum Gasteiger partial charge on any atom is -0.137 e. The van der Waals surface area contributed by atoms with Crippen molar-refractivity contribution >= 4 is 33.0 Å². The van der Waals surface area contributed by atoms with Gasteiger partial charge < -0.3 is 0 Å². The fraction of sp³-hybridized carbons (Fsp3) is 0.200. The van der Waals surface area contributed by atoms with Crippen molar-refractivity contribution in [1.82, 2.24) is 0 Å². The van der Waals surface area contributed by atoms with E-state index in [2.05, 4.69) is 90.7 Å². The first-order chi connectivity index (χ1) is 18.2. The average Bonchev–Trinajstić information content (AvgIpc) is 3.47. The number of hydrogen-bond acceptors (Lipinski definition) is 1. The molecule has 3 aliphatic carbocycles. The van der Waals surface area contributed by atoms with Crippen LogP contribution in [0.5, 0.6) is 0 Å². The average molecular weight is 513 g/mol. The van der Waals surface area contributed by atoms with Gasteiger partial charge in [-0.25, -0.2) is 0 Å². The van der Waals surface area contributed by atoms with Crippen LogP contribution >= 0.6 is 22.9 Å². The quantitative estimate of drug-likeness (QED) is 0.160. The first-order valence-corrected chi connectivity index (χ1v) is 14.5. The molecule has 0 radical (unpaired) electrons. The van der Waals surface area contributed by atoms with Crippen LogP contribution in [0.1, 0.15) is 68.8 Å². The zero-order valence-corrected chi connectivity index (χ0v) is 22.1. The van der Waals surface area contributed by atoms with E-state index >= 15 is 0 Å². The molecule has 178 valence electrons. The molecule has 2 heteroatoms. The van der Waals surface area contributed by atoms with Crippen LogP contribution in [0.4, 0.5) is 0 Å². The summed E-state index contributed by atoms with van der Waals surface area (Å²) in [7, 11) is 0. The second-order valence-electron chi connectivity index (χ2n) is 10.6. The Labute approximate surface area is 226 Å². The van der Waals surface area contributed by atoms with Gasteiger partial charge in [0.1, 0.15) is 0 Å². The van der Waals surface area contributed by atoms with Gasteiger partial charge in [0, 0.05) is 32.9 Å². The summed E-state index contributed by atoms with van der Waals surface area (Å²) in [6.07, 6.45) is 5.78. The maximum Gasteiger partial charge on any atom is 0.0800 e. The molecule has 5 aromatic rings. The Morgan fingerprint density at radius 1 is 0.757 bits per heavy atom. The summed E-state index contributed by atoms with van der Waals surface area (Å²) >= 11 is 8.42. The molecular formula is C35H25ClS. The number of benzene rings is 4. The summed E-state index contributed by atoms with van der Waals surface area (Å²) in [5.41, 5.74) is 13.9. The molecule has 4 aromatic carbocycles. The Morgan fingerprint density at radius 3 is 2.38 bits per heavy atom. The standard InChI is InChI=1S/C35H25ClS/c36-32-12-6-11-28-27-16-14-25(20-33(27)37-35(28)32)24-13-15-26-29-17-22-9-4-5-10-23(22)18-31(29)34(30(26)19-24)21-7-2-1-3-8-21/h1-3,7-8,13-20,32,34H,4-5,9-10,12H2. The van der Waals surface area contributed by atoms with Crippen molar-refractivity contribution in [2.45, 2.75) is 43.4 Å². The van der Waals surface area contributed by atoms with E-state index in [1.165, 1.54) is 79.6 Å². The minimum absolute atomic E-state index is 0.00746. The lowest BCUT2D eigenvalue weighted by atomic mass is 9.84. The van der Waals surface area contributed by atoms with Gasteiger partial charge in [0.05, 0.1) is 5.38 Å². The van der Waals surface area contributed by atoms with Crippen molar-refractivity contribution in [1.29, 1.82) is 0 Å². The second-order valence-corrected chi connectivity index (χ2v) is 12.2. The molecule has 0 amide bonds. The van der Waals surface area contributed by atoms with Gasteiger partial charge in [-0.15, -0.1) is 22.9 Å². The lowest BCUT2D eigenvalue weighted by molar-refractivity contribution is 0.684. The van der Waals surface area contributed by atoms with E-state index in [9.17, 15) is 0 Å². The lowest BCUT2D eigenvalue weighted by Crippen LogP contribution is -2.05. The predicted octanol–water partition coefficient (Wildman–Crippen LogP) is 9.64. The molecule has 0 fully saturated rings. The van der Waals surface area contributed by atoms with Crippen LogP contribution in [0.2, 0.25) is 0 Å². The van der Waals surface area contributed by atoms with Gasteiger partial charge in [-0.2, -0.15) is 0 Å². The molecule has 1 heterocycles. The van der Waals surface area contributed by atoms with Crippen LogP contribution in [0, 0.1) is 11.8 Å². The summed E-state index contributed by atoms with van der Waals surface area (Å²) in [5.74, 6) is 6.84. The highest BCUT2D eigenvalue weighted by atomic mass is 35.5. The normalized spacial score (nSPS) is 18.9. The van der Waals surface area contributed by atoms with Crippen molar-refractivity contribution in [2.75, 3.05) is 0 Å². The van der Waals surface area contributed by atoms with Gasteiger partial charge in [-0.1, -0.05) is 78.6 Å². The number of thiophene rings is 1.